The van der Waals surface area contributed by atoms with E-state index in [-0.39, 0.29) is 12.6 Å². The fraction of sp³-hybridized carbons (Fsp3) is 0.333. The lowest BCUT2D eigenvalue weighted by Crippen LogP contribution is -2.11. The van der Waals surface area contributed by atoms with E-state index in [4.69, 9.17) is 5.11 Å². The summed E-state index contributed by atoms with van der Waals surface area (Å²) >= 11 is 0. The minimum atomic E-state index is -0.0703. The third-order valence-corrected chi connectivity index (χ3v) is 2.64. The van der Waals surface area contributed by atoms with Gasteiger partial charge in [0.25, 0.3) is 0 Å². The van der Waals surface area contributed by atoms with Crippen LogP contribution in [-0.4, -0.2) is 19.9 Å². The van der Waals surface area contributed by atoms with Crippen LogP contribution in [0, 0.1) is 0 Å². The standard InChI is InChI=1S/C12H15N3O/c1-10(7-11-5-3-2-4-6-11)15-9-13-14-12(15)8-16/h2-6,9-10,16H,7-8H2,1H3. The summed E-state index contributed by atoms with van der Waals surface area (Å²) in [6.45, 7) is 2.02. The van der Waals surface area contributed by atoms with Gasteiger partial charge in [-0.05, 0) is 18.9 Å². The smallest absolute Gasteiger partial charge is 0.158 e. The van der Waals surface area contributed by atoms with Gasteiger partial charge in [0.15, 0.2) is 5.82 Å². The van der Waals surface area contributed by atoms with Crippen LogP contribution < -0.4 is 0 Å². The summed E-state index contributed by atoms with van der Waals surface area (Å²) in [5.74, 6) is 0.614. The molecular weight excluding hydrogens is 202 g/mol. The van der Waals surface area contributed by atoms with Crippen LogP contribution in [0.2, 0.25) is 0 Å². The molecule has 0 fully saturated rings. The lowest BCUT2D eigenvalue weighted by Gasteiger charge is -2.14. The van der Waals surface area contributed by atoms with Crippen molar-refractivity contribution in [3.63, 3.8) is 0 Å². The van der Waals surface area contributed by atoms with E-state index in [0.717, 1.165) is 6.42 Å². The van der Waals surface area contributed by atoms with E-state index < -0.39 is 0 Å². The van der Waals surface area contributed by atoms with Gasteiger partial charge in [-0.15, -0.1) is 10.2 Å². The second kappa shape index (κ2) is 4.90. The SMILES string of the molecule is CC(Cc1ccccc1)n1cnnc1CO. The number of aliphatic hydroxyl groups excluding tert-OH is 1. The molecule has 84 valence electrons. The molecule has 0 aliphatic heterocycles. The van der Waals surface area contributed by atoms with E-state index in [0.29, 0.717) is 5.82 Å². The average Bonchev–Trinajstić information content (AvgIpc) is 2.78. The first-order valence-corrected chi connectivity index (χ1v) is 5.34. The van der Waals surface area contributed by atoms with Crippen LogP contribution in [0.15, 0.2) is 36.7 Å². The van der Waals surface area contributed by atoms with Crippen molar-refractivity contribution >= 4 is 0 Å². The molecule has 0 saturated carbocycles. The van der Waals surface area contributed by atoms with Crippen molar-refractivity contribution < 1.29 is 5.11 Å². The van der Waals surface area contributed by atoms with Crippen LogP contribution in [0.4, 0.5) is 0 Å². The molecule has 0 spiro atoms. The van der Waals surface area contributed by atoms with Crippen LogP contribution >= 0.6 is 0 Å². The summed E-state index contributed by atoms with van der Waals surface area (Å²) in [4.78, 5) is 0. The second-order valence-corrected chi connectivity index (χ2v) is 3.85. The number of hydrogen-bond acceptors (Lipinski definition) is 3. The van der Waals surface area contributed by atoms with Gasteiger partial charge < -0.3 is 9.67 Å². The molecule has 2 aromatic rings. The molecule has 0 aliphatic carbocycles. The fourth-order valence-electron chi connectivity index (χ4n) is 1.80. The number of rotatable bonds is 4. The molecule has 1 unspecified atom stereocenters. The normalized spacial score (nSPS) is 12.6. The lowest BCUT2D eigenvalue weighted by atomic mass is 10.1. The quantitative estimate of drug-likeness (QED) is 0.845. The van der Waals surface area contributed by atoms with E-state index in [1.54, 1.807) is 6.33 Å². The summed E-state index contributed by atoms with van der Waals surface area (Å²) in [6.07, 6.45) is 2.57. The van der Waals surface area contributed by atoms with Crippen LogP contribution in [0.5, 0.6) is 0 Å². The van der Waals surface area contributed by atoms with Gasteiger partial charge >= 0.3 is 0 Å². The molecule has 2 rings (SSSR count). The van der Waals surface area contributed by atoms with Gasteiger partial charge in [0.05, 0.1) is 0 Å². The summed E-state index contributed by atoms with van der Waals surface area (Å²) < 4.78 is 1.91. The molecule has 1 aromatic heterocycles. The first-order chi connectivity index (χ1) is 7.81. The van der Waals surface area contributed by atoms with Crippen LogP contribution in [0.3, 0.4) is 0 Å². The van der Waals surface area contributed by atoms with E-state index in [9.17, 15) is 0 Å². The Bertz CT molecular complexity index is 439. The van der Waals surface area contributed by atoms with Gasteiger partial charge in [-0.3, -0.25) is 0 Å². The van der Waals surface area contributed by atoms with Crippen molar-refractivity contribution in [2.24, 2.45) is 0 Å². The van der Waals surface area contributed by atoms with E-state index in [1.165, 1.54) is 5.56 Å². The second-order valence-electron chi connectivity index (χ2n) is 3.85. The Hall–Kier alpha value is -1.68. The van der Waals surface area contributed by atoms with E-state index in [1.807, 2.05) is 22.8 Å². The molecule has 4 nitrogen and oxygen atoms in total. The largest absolute Gasteiger partial charge is 0.388 e. The Morgan fingerprint density at radius 3 is 2.75 bits per heavy atom. The minimum Gasteiger partial charge on any atom is -0.388 e. The number of nitrogens with zero attached hydrogens (tertiary/aromatic N) is 3. The topological polar surface area (TPSA) is 50.9 Å². The molecule has 0 amide bonds. The van der Waals surface area contributed by atoms with E-state index in [2.05, 4.69) is 29.3 Å². The number of aromatic nitrogens is 3. The van der Waals surface area contributed by atoms with Crippen molar-refractivity contribution in [1.82, 2.24) is 14.8 Å². The molecule has 1 atom stereocenters. The Balaban J connectivity index is 2.11. The van der Waals surface area contributed by atoms with Gasteiger partial charge in [0.1, 0.15) is 12.9 Å². The van der Waals surface area contributed by atoms with Crippen molar-refractivity contribution in [3.8, 4) is 0 Å². The molecule has 0 radical (unpaired) electrons. The van der Waals surface area contributed by atoms with E-state index >= 15 is 0 Å². The molecule has 1 heterocycles. The maximum Gasteiger partial charge on any atom is 0.158 e. The zero-order valence-corrected chi connectivity index (χ0v) is 9.24. The highest BCUT2D eigenvalue weighted by Gasteiger charge is 2.10. The predicted molar refractivity (Wildman–Crippen MR) is 60.8 cm³/mol. The minimum absolute atomic E-state index is 0.0703. The third kappa shape index (κ3) is 2.28. The average molecular weight is 217 g/mol. The summed E-state index contributed by atoms with van der Waals surface area (Å²) in [5, 5.41) is 16.8. The lowest BCUT2D eigenvalue weighted by molar-refractivity contribution is 0.261. The monoisotopic (exact) mass is 217 g/mol. The van der Waals surface area contributed by atoms with Crippen molar-refractivity contribution in [3.05, 3.63) is 48.0 Å². The Morgan fingerprint density at radius 2 is 2.06 bits per heavy atom. The predicted octanol–water partition coefficient (Wildman–Crippen LogP) is 1.57. The Kier molecular flexibility index (Phi) is 3.31. The maximum atomic E-state index is 9.10. The van der Waals surface area contributed by atoms with Crippen LogP contribution in [0.25, 0.3) is 0 Å². The molecule has 1 aromatic carbocycles. The molecule has 4 heteroatoms. The maximum absolute atomic E-state index is 9.10. The summed E-state index contributed by atoms with van der Waals surface area (Å²) in [5.41, 5.74) is 1.27. The van der Waals surface area contributed by atoms with Gasteiger partial charge in [-0.2, -0.15) is 0 Å². The number of hydrogen-bond donors (Lipinski definition) is 1. The molecule has 0 aliphatic rings. The highest BCUT2D eigenvalue weighted by Crippen LogP contribution is 2.14. The molecule has 1 N–H and O–H groups in total. The summed E-state index contributed by atoms with van der Waals surface area (Å²) in [7, 11) is 0. The van der Waals surface area contributed by atoms with Gasteiger partial charge in [-0.25, -0.2) is 0 Å². The number of aliphatic hydroxyl groups is 1. The third-order valence-electron chi connectivity index (χ3n) is 2.64. The number of benzene rings is 1. The Labute approximate surface area is 94.6 Å². The van der Waals surface area contributed by atoms with Crippen LogP contribution in [0.1, 0.15) is 24.4 Å². The van der Waals surface area contributed by atoms with Gasteiger partial charge in [-0.1, -0.05) is 30.3 Å². The summed E-state index contributed by atoms with van der Waals surface area (Å²) in [6, 6.07) is 10.5. The first-order valence-electron chi connectivity index (χ1n) is 5.34. The van der Waals surface area contributed by atoms with Gasteiger partial charge in [0.2, 0.25) is 0 Å². The van der Waals surface area contributed by atoms with Gasteiger partial charge in [0, 0.05) is 6.04 Å². The first kappa shape index (κ1) is 10.8. The van der Waals surface area contributed by atoms with Crippen molar-refractivity contribution in [1.29, 1.82) is 0 Å². The van der Waals surface area contributed by atoms with Crippen molar-refractivity contribution in [2.45, 2.75) is 26.0 Å². The zero-order valence-electron chi connectivity index (χ0n) is 9.24. The highest BCUT2D eigenvalue weighted by molar-refractivity contribution is 5.15. The molecular formula is C12H15N3O. The molecule has 16 heavy (non-hydrogen) atoms. The molecule has 0 bridgehead atoms. The zero-order chi connectivity index (χ0) is 11.4. The molecule has 0 saturated heterocycles. The van der Waals surface area contributed by atoms with Crippen LogP contribution in [-0.2, 0) is 13.0 Å². The highest BCUT2D eigenvalue weighted by atomic mass is 16.3. The van der Waals surface area contributed by atoms with Crippen molar-refractivity contribution in [2.75, 3.05) is 0 Å². The Morgan fingerprint density at radius 1 is 1.31 bits per heavy atom. The fourth-order valence-corrected chi connectivity index (χ4v) is 1.80.